The van der Waals surface area contributed by atoms with Crippen molar-refractivity contribution >= 4 is 75.5 Å². The zero-order valence-electron chi connectivity index (χ0n) is 24.3. The number of imide groups is 1. The molecule has 1 aromatic heterocycles. The number of aromatic amines is 1. The highest BCUT2D eigenvalue weighted by Crippen LogP contribution is 2.54. The molecule has 1 saturated heterocycles. The molecule has 13 nitrogen and oxygen atoms in total. The number of amides is 3. The number of non-ortho nitro benzene ring substituents is 1. The number of H-pyrrole nitrogens is 1. The Hall–Kier alpha value is -4.99. The van der Waals surface area contributed by atoms with Crippen molar-refractivity contribution in [1.29, 1.82) is 0 Å². The summed E-state index contributed by atoms with van der Waals surface area (Å²) in [4.78, 5) is 79.5. The normalized spacial score (nSPS) is 18.3. The lowest BCUT2D eigenvalue weighted by molar-refractivity contribution is -0.384. The van der Waals surface area contributed by atoms with E-state index in [1.165, 1.54) is 36.4 Å². The van der Waals surface area contributed by atoms with E-state index in [1.807, 2.05) is 0 Å². The van der Waals surface area contributed by atoms with Crippen molar-refractivity contribution in [2.75, 3.05) is 23.4 Å². The number of thioether (sulfide) groups is 1. The van der Waals surface area contributed by atoms with Crippen LogP contribution in [0, 0.1) is 16.0 Å². The molecule has 0 spiro atoms. The van der Waals surface area contributed by atoms with Crippen molar-refractivity contribution in [2.45, 2.75) is 23.1 Å². The molecule has 1 fully saturated rings. The lowest BCUT2D eigenvalue weighted by atomic mass is 9.82. The Morgan fingerprint density at radius 2 is 1.77 bits per heavy atom. The van der Waals surface area contributed by atoms with E-state index in [4.69, 9.17) is 21.1 Å². The van der Waals surface area contributed by atoms with Crippen LogP contribution in [0.25, 0.3) is 0 Å². The second kappa shape index (κ2) is 13.0. The summed E-state index contributed by atoms with van der Waals surface area (Å²) in [7, 11) is 0. The van der Waals surface area contributed by atoms with Crippen LogP contribution in [0.3, 0.4) is 0 Å². The molecular weight excluding hydrogens is 672 g/mol. The number of hydrogen-bond donors (Lipinski definition) is 2. The van der Waals surface area contributed by atoms with Crippen molar-refractivity contribution in [2.24, 2.45) is 5.92 Å². The van der Waals surface area contributed by atoms with Gasteiger partial charge in [-0.1, -0.05) is 34.7 Å². The van der Waals surface area contributed by atoms with Gasteiger partial charge in [0.2, 0.25) is 11.8 Å². The van der Waals surface area contributed by atoms with E-state index in [9.17, 15) is 34.1 Å². The van der Waals surface area contributed by atoms with Crippen molar-refractivity contribution < 1.29 is 33.6 Å². The number of nitro groups is 1. The number of aromatic nitrogens is 1. The molecule has 2 aliphatic rings. The molecule has 6 rings (SSSR count). The maximum Gasteiger partial charge on any atom is 0.338 e. The number of carbonyl (C=O) groups is 4. The number of nitro benzene ring substituents is 1. The number of esters is 1. The minimum absolute atomic E-state index is 0.172. The summed E-state index contributed by atoms with van der Waals surface area (Å²) >= 11 is 8.37. The molecule has 47 heavy (non-hydrogen) atoms. The van der Waals surface area contributed by atoms with Crippen LogP contribution in [0.5, 0.6) is 5.75 Å². The number of benzene rings is 3. The fourth-order valence-electron chi connectivity index (χ4n) is 5.47. The SMILES string of the molecule is CCOC(=O)c1ccc(NC(=O)COc2ccc(Cl)cc2[C@H]2c3sc(=O)[nH]c3SC3C(=O)N(c4ccc([N+](=O)[O-])cc4)C(=O)C32)cc1. The summed E-state index contributed by atoms with van der Waals surface area (Å²) in [6.07, 6.45) is 0. The molecule has 3 heterocycles. The van der Waals surface area contributed by atoms with Gasteiger partial charge in [-0.3, -0.25) is 29.3 Å². The highest BCUT2D eigenvalue weighted by molar-refractivity contribution is 8.00. The number of nitrogens with one attached hydrogen (secondary N) is 2. The van der Waals surface area contributed by atoms with Gasteiger partial charge < -0.3 is 19.8 Å². The minimum Gasteiger partial charge on any atom is -0.483 e. The zero-order chi connectivity index (χ0) is 33.4. The average molecular weight is 695 g/mol. The lowest BCUT2D eigenvalue weighted by Gasteiger charge is -2.31. The van der Waals surface area contributed by atoms with Crippen molar-refractivity contribution in [3.8, 4) is 5.75 Å². The molecule has 0 radical (unpaired) electrons. The molecule has 240 valence electrons. The predicted molar refractivity (Wildman–Crippen MR) is 173 cm³/mol. The van der Waals surface area contributed by atoms with Gasteiger partial charge in [0.05, 0.1) is 33.7 Å². The number of carbonyl (C=O) groups excluding carboxylic acids is 4. The van der Waals surface area contributed by atoms with Gasteiger partial charge in [0.25, 0.3) is 11.6 Å². The molecule has 0 aliphatic carbocycles. The van der Waals surface area contributed by atoms with Gasteiger partial charge in [-0.2, -0.15) is 0 Å². The van der Waals surface area contributed by atoms with Crippen LogP contribution in [0.15, 0.2) is 76.6 Å². The maximum atomic E-state index is 14.0. The lowest BCUT2D eigenvalue weighted by Crippen LogP contribution is -2.32. The Morgan fingerprint density at radius 1 is 1.04 bits per heavy atom. The smallest absolute Gasteiger partial charge is 0.338 e. The van der Waals surface area contributed by atoms with Gasteiger partial charge >= 0.3 is 10.8 Å². The summed E-state index contributed by atoms with van der Waals surface area (Å²) in [5.74, 6) is -3.75. The number of thiazole rings is 1. The van der Waals surface area contributed by atoms with Gasteiger partial charge in [0.1, 0.15) is 11.0 Å². The topological polar surface area (TPSA) is 178 Å². The van der Waals surface area contributed by atoms with Gasteiger partial charge in [0.15, 0.2) is 6.61 Å². The summed E-state index contributed by atoms with van der Waals surface area (Å²) in [5, 5.41) is 13.6. The molecule has 0 saturated carbocycles. The Morgan fingerprint density at radius 3 is 2.45 bits per heavy atom. The van der Waals surface area contributed by atoms with E-state index in [0.29, 0.717) is 31.7 Å². The third-order valence-electron chi connectivity index (χ3n) is 7.49. The van der Waals surface area contributed by atoms with Crippen molar-refractivity contribution in [3.63, 3.8) is 0 Å². The fraction of sp³-hybridized carbons (Fsp3) is 0.194. The van der Waals surface area contributed by atoms with Crippen LogP contribution in [0.2, 0.25) is 5.02 Å². The van der Waals surface area contributed by atoms with Gasteiger partial charge in [-0.15, -0.1) is 0 Å². The maximum absolute atomic E-state index is 14.0. The molecule has 3 amide bonds. The second-order valence-corrected chi connectivity index (χ2v) is 13.0. The molecule has 2 aliphatic heterocycles. The Balaban J connectivity index is 1.29. The van der Waals surface area contributed by atoms with Crippen LogP contribution in [0.4, 0.5) is 17.1 Å². The molecule has 3 aromatic carbocycles. The van der Waals surface area contributed by atoms with E-state index in [2.05, 4.69) is 10.3 Å². The molecule has 0 bridgehead atoms. The van der Waals surface area contributed by atoms with E-state index in [-0.39, 0.29) is 28.6 Å². The molecule has 3 atom stereocenters. The summed E-state index contributed by atoms with van der Waals surface area (Å²) in [6.45, 7) is 1.49. The predicted octanol–water partition coefficient (Wildman–Crippen LogP) is 4.99. The Kier molecular flexibility index (Phi) is 8.86. The number of anilines is 2. The highest BCUT2D eigenvalue weighted by atomic mass is 35.5. The minimum atomic E-state index is -0.991. The second-order valence-electron chi connectivity index (χ2n) is 10.4. The van der Waals surface area contributed by atoms with Crippen molar-refractivity contribution in [1.82, 2.24) is 4.98 Å². The van der Waals surface area contributed by atoms with Gasteiger partial charge in [0, 0.05) is 39.2 Å². The third kappa shape index (κ3) is 6.24. The fourth-order valence-corrected chi connectivity index (χ4v) is 8.15. The van der Waals surface area contributed by atoms with E-state index in [0.717, 1.165) is 28.0 Å². The molecule has 4 aromatic rings. The molecular formula is C31H23ClN4O9S2. The number of hydrogen-bond acceptors (Lipinski definition) is 11. The third-order valence-corrected chi connectivity index (χ3v) is 10.1. The van der Waals surface area contributed by atoms with Crippen LogP contribution < -0.4 is 19.8 Å². The first-order valence-corrected chi connectivity index (χ1v) is 16.1. The Labute approximate surface area is 279 Å². The largest absolute Gasteiger partial charge is 0.483 e. The molecule has 2 unspecified atom stereocenters. The van der Waals surface area contributed by atoms with E-state index >= 15 is 0 Å². The van der Waals surface area contributed by atoms with Gasteiger partial charge in [-0.05, 0) is 61.5 Å². The molecule has 2 N–H and O–H groups in total. The number of fused-ring (bicyclic) bond motifs is 2. The quantitative estimate of drug-likeness (QED) is 0.105. The van der Waals surface area contributed by atoms with Crippen LogP contribution in [-0.2, 0) is 19.1 Å². The number of rotatable bonds is 9. The zero-order valence-corrected chi connectivity index (χ0v) is 26.6. The average Bonchev–Trinajstić information content (AvgIpc) is 3.54. The first-order valence-electron chi connectivity index (χ1n) is 14.1. The van der Waals surface area contributed by atoms with Crippen molar-refractivity contribution in [3.05, 3.63) is 108 Å². The van der Waals surface area contributed by atoms with Crippen LogP contribution in [-0.4, -0.2) is 52.1 Å². The number of nitrogens with zero attached hydrogens (tertiary/aromatic N) is 2. The van der Waals surface area contributed by atoms with E-state index < -0.39 is 52.3 Å². The van der Waals surface area contributed by atoms with Gasteiger partial charge in [-0.25, -0.2) is 9.69 Å². The van der Waals surface area contributed by atoms with E-state index in [1.54, 1.807) is 37.3 Å². The monoisotopic (exact) mass is 694 g/mol. The first-order chi connectivity index (χ1) is 22.5. The number of ether oxygens (including phenoxy) is 2. The summed E-state index contributed by atoms with van der Waals surface area (Å²) in [6, 6.07) is 15.9. The summed E-state index contributed by atoms with van der Waals surface area (Å²) in [5.41, 5.74) is 1.11. The number of halogens is 1. The first kappa shape index (κ1) is 32.0. The highest BCUT2D eigenvalue weighted by Gasteiger charge is 2.57. The summed E-state index contributed by atoms with van der Waals surface area (Å²) < 4.78 is 10.9. The molecule has 16 heteroatoms. The van der Waals surface area contributed by atoms with Crippen LogP contribution in [0.1, 0.15) is 33.6 Å². The standard InChI is InChI=1S/C31H23ClN4O9S2/c1-2-44-30(40)15-3-6-17(7-4-15)33-22(37)14-45-21-12-5-16(32)13-20(21)23-24-26(46-27-25(23)47-31(41)34-27)29(39)35(28(24)38)18-8-10-19(11-9-18)36(42)43/h3-13,23-24,26H,2,14H2,1H3,(H,33,37)(H,34,41)/t23-,24?,26?/m1/s1. The van der Waals surface area contributed by atoms with Crippen LogP contribution >= 0.6 is 34.7 Å². The Bertz CT molecular complexity index is 1980.